The number of esters is 1. The maximum atomic E-state index is 14.2. The number of carbonyl (C=O) groups is 5. The van der Waals surface area contributed by atoms with E-state index in [4.69, 9.17) is 14.2 Å². The SMILES string of the molecule is COC(=O)N[C@H](C(=O)N[C@@H](Cc1ccc(-c2ccccn2)cc1)C[C@H](O)[C@H](Cc1ccccc1)NC(=O)C(C)(C)[C@H](NC(=O)OC(C)(C)C)C(=O)OC)C(C)(C)C. The average Bonchev–Trinajstić information content (AvgIpc) is 3.14. The molecule has 0 radical (unpaired) electrons. The maximum absolute atomic E-state index is 14.2. The monoisotopic (exact) mass is 789 g/mol. The minimum atomic E-state index is -1.60. The minimum absolute atomic E-state index is 0.0301. The second-order valence-corrected chi connectivity index (χ2v) is 16.7. The zero-order valence-corrected chi connectivity index (χ0v) is 34.7. The van der Waals surface area contributed by atoms with Gasteiger partial charge in [-0.3, -0.25) is 14.6 Å². The third-order valence-corrected chi connectivity index (χ3v) is 9.33. The number of pyridine rings is 1. The number of hydrogen-bond donors (Lipinski definition) is 5. The van der Waals surface area contributed by atoms with Gasteiger partial charge in [-0.05, 0) is 82.6 Å². The van der Waals surface area contributed by atoms with Crippen LogP contribution in [0.2, 0.25) is 0 Å². The highest BCUT2D eigenvalue weighted by Crippen LogP contribution is 2.26. The molecule has 0 bridgehead atoms. The Morgan fingerprint density at radius 3 is 1.82 bits per heavy atom. The number of ether oxygens (including phenoxy) is 3. The first-order valence-corrected chi connectivity index (χ1v) is 18.9. The van der Waals surface area contributed by atoms with E-state index >= 15 is 0 Å². The summed E-state index contributed by atoms with van der Waals surface area (Å²) in [6, 6.07) is 18.5. The van der Waals surface area contributed by atoms with Gasteiger partial charge < -0.3 is 40.6 Å². The molecule has 5 N–H and O–H groups in total. The summed E-state index contributed by atoms with van der Waals surface area (Å²) in [6.07, 6.45) is -0.795. The summed E-state index contributed by atoms with van der Waals surface area (Å²) >= 11 is 0. The highest BCUT2D eigenvalue weighted by atomic mass is 16.6. The fourth-order valence-corrected chi connectivity index (χ4v) is 6.13. The number of aromatic nitrogens is 1. The van der Waals surface area contributed by atoms with E-state index in [0.29, 0.717) is 0 Å². The summed E-state index contributed by atoms with van der Waals surface area (Å²) in [5, 5.41) is 23.1. The number of carbonyl (C=O) groups excluding carboxylic acids is 5. The standard InChI is InChI=1S/C43H59N5O9/c1-41(2,3)34(47-39(53)56-10)36(50)45-30(24-28-19-21-29(22-20-28)31-18-14-15-23-44-31)26-33(49)32(25-27-16-12-11-13-17-27)46-38(52)43(7,8)35(37(51)55-9)48-40(54)57-42(4,5)6/h11-23,30,32-35,49H,24-26H2,1-10H3,(H,45,50)(H,46,52)(H,47,53)(H,48,54)/t30-,32-,33-,34+,35+/m0/s1. The molecule has 1 heterocycles. The molecule has 2 aromatic carbocycles. The zero-order chi connectivity index (χ0) is 42.6. The number of benzene rings is 2. The Morgan fingerprint density at radius 1 is 0.684 bits per heavy atom. The molecule has 1 aromatic heterocycles. The molecule has 0 fully saturated rings. The Balaban J connectivity index is 1.98. The maximum Gasteiger partial charge on any atom is 0.408 e. The minimum Gasteiger partial charge on any atom is -0.467 e. The second kappa shape index (κ2) is 20.1. The number of amides is 4. The van der Waals surface area contributed by atoms with Gasteiger partial charge in [0, 0.05) is 17.8 Å². The van der Waals surface area contributed by atoms with Crippen LogP contribution in [0.25, 0.3) is 11.3 Å². The smallest absolute Gasteiger partial charge is 0.408 e. The molecule has 0 aliphatic carbocycles. The summed E-state index contributed by atoms with van der Waals surface area (Å²) in [6.45, 7) is 13.4. The van der Waals surface area contributed by atoms with Crippen molar-refractivity contribution in [3.05, 3.63) is 90.1 Å². The van der Waals surface area contributed by atoms with Gasteiger partial charge in [-0.25, -0.2) is 14.4 Å². The first-order valence-electron chi connectivity index (χ1n) is 18.9. The molecule has 0 saturated carbocycles. The molecule has 5 atom stereocenters. The van der Waals surface area contributed by atoms with E-state index in [0.717, 1.165) is 29.5 Å². The second-order valence-electron chi connectivity index (χ2n) is 16.7. The van der Waals surface area contributed by atoms with E-state index in [1.54, 1.807) is 47.7 Å². The third-order valence-electron chi connectivity index (χ3n) is 9.33. The van der Waals surface area contributed by atoms with Gasteiger partial charge in [0.1, 0.15) is 17.7 Å². The summed E-state index contributed by atoms with van der Waals surface area (Å²) in [5.74, 6) is -2.02. The lowest BCUT2D eigenvalue weighted by Crippen LogP contribution is -2.60. The fraction of sp³-hybridized carbons (Fsp3) is 0.488. The molecule has 57 heavy (non-hydrogen) atoms. The van der Waals surface area contributed by atoms with E-state index in [-0.39, 0.29) is 19.3 Å². The van der Waals surface area contributed by atoms with Gasteiger partial charge in [0.05, 0.1) is 37.5 Å². The van der Waals surface area contributed by atoms with Crippen molar-refractivity contribution in [2.24, 2.45) is 10.8 Å². The van der Waals surface area contributed by atoms with Crippen LogP contribution in [0.1, 0.15) is 72.9 Å². The molecule has 0 aliphatic rings. The average molecular weight is 790 g/mol. The lowest BCUT2D eigenvalue weighted by Gasteiger charge is -2.36. The first kappa shape index (κ1) is 45.9. The van der Waals surface area contributed by atoms with Crippen LogP contribution < -0.4 is 21.3 Å². The Morgan fingerprint density at radius 2 is 1.28 bits per heavy atom. The normalized spacial score (nSPS) is 14.4. The van der Waals surface area contributed by atoms with Crippen LogP contribution >= 0.6 is 0 Å². The number of rotatable bonds is 16. The zero-order valence-electron chi connectivity index (χ0n) is 34.7. The van der Waals surface area contributed by atoms with Gasteiger partial charge in [-0.15, -0.1) is 0 Å². The Labute approximate surface area is 335 Å². The van der Waals surface area contributed by atoms with Crippen molar-refractivity contribution in [1.29, 1.82) is 0 Å². The molecule has 14 heteroatoms. The van der Waals surface area contributed by atoms with Crippen LogP contribution in [0.5, 0.6) is 0 Å². The van der Waals surface area contributed by atoms with Crippen LogP contribution in [0, 0.1) is 10.8 Å². The molecule has 310 valence electrons. The summed E-state index contributed by atoms with van der Waals surface area (Å²) in [4.78, 5) is 70.6. The quantitative estimate of drug-likeness (QED) is 0.0961. The van der Waals surface area contributed by atoms with Gasteiger partial charge in [0.25, 0.3) is 0 Å². The number of aliphatic hydroxyl groups is 1. The number of aliphatic hydroxyl groups excluding tert-OH is 1. The van der Waals surface area contributed by atoms with Crippen LogP contribution in [0.4, 0.5) is 9.59 Å². The predicted octanol–water partition coefficient (Wildman–Crippen LogP) is 5.12. The van der Waals surface area contributed by atoms with Crippen LogP contribution in [0.3, 0.4) is 0 Å². The van der Waals surface area contributed by atoms with Crippen molar-refractivity contribution >= 4 is 30.0 Å². The van der Waals surface area contributed by atoms with Crippen molar-refractivity contribution < 1.29 is 43.3 Å². The van der Waals surface area contributed by atoms with Crippen molar-refractivity contribution in [3.63, 3.8) is 0 Å². The van der Waals surface area contributed by atoms with Crippen LogP contribution in [-0.2, 0) is 41.4 Å². The molecule has 0 unspecified atom stereocenters. The van der Waals surface area contributed by atoms with Crippen molar-refractivity contribution in [1.82, 2.24) is 26.3 Å². The molecular formula is C43H59N5O9. The predicted molar refractivity (Wildman–Crippen MR) is 216 cm³/mol. The number of alkyl carbamates (subject to hydrolysis) is 2. The third kappa shape index (κ3) is 14.2. The lowest BCUT2D eigenvalue weighted by atomic mass is 9.82. The molecular weight excluding hydrogens is 730 g/mol. The van der Waals surface area contributed by atoms with E-state index < -0.39 is 76.7 Å². The topological polar surface area (TPSA) is 194 Å². The number of nitrogens with zero attached hydrogens (tertiary/aromatic N) is 1. The lowest BCUT2D eigenvalue weighted by molar-refractivity contribution is -0.151. The van der Waals surface area contributed by atoms with Gasteiger partial charge in [-0.1, -0.05) is 81.4 Å². The molecule has 4 amide bonds. The van der Waals surface area contributed by atoms with Crippen LogP contribution in [0.15, 0.2) is 79.0 Å². The van der Waals surface area contributed by atoms with E-state index in [1.807, 2.05) is 72.8 Å². The fourth-order valence-electron chi connectivity index (χ4n) is 6.13. The van der Waals surface area contributed by atoms with Gasteiger partial charge in [-0.2, -0.15) is 0 Å². The van der Waals surface area contributed by atoms with Crippen molar-refractivity contribution in [3.8, 4) is 11.3 Å². The Hall–Kier alpha value is -5.50. The number of methoxy groups -OCH3 is 2. The molecule has 0 saturated heterocycles. The largest absolute Gasteiger partial charge is 0.467 e. The van der Waals surface area contributed by atoms with Gasteiger partial charge in [0.2, 0.25) is 11.8 Å². The first-order chi connectivity index (χ1) is 26.6. The molecule has 0 spiro atoms. The Bertz CT molecular complexity index is 1790. The van der Waals surface area contributed by atoms with E-state index in [9.17, 15) is 29.1 Å². The van der Waals surface area contributed by atoms with Crippen molar-refractivity contribution in [2.45, 2.75) is 111 Å². The van der Waals surface area contributed by atoms with E-state index in [1.165, 1.54) is 21.0 Å². The Kier molecular flexibility index (Phi) is 16.2. The van der Waals surface area contributed by atoms with E-state index in [2.05, 4.69) is 26.3 Å². The number of nitrogens with one attached hydrogen (secondary N) is 4. The number of hydrogen-bond acceptors (Lipinski definition) is 10. The summed E-state index contributed by atoms with van der Waals surface area (Å²) in [7, 11) is 2.36. The van der Waals surface area contributed by atoms with Gasteiger partial charge in [0.15, 0.2) is 0 Å². The molecule has 0 aliphatic heterocycles. The molecule has 3 aromatic rings. The highest BCUT2D eigenvalue weighted by molar-refractivity contribution is 5.92. The highest BCUT2D eigenvalue weighted by Gasteiger charge is 2.45. The molecule has 14 nitrogen and oxygen atoms in total. The summed E-state index contributed by atoms with van der Waals surface area (Å²) < 4.78 is 15.1. The molecule has 3 rings (SSSR count). The van der Waals surface area contributed by atoms with Gasteiger partial charge >= 0.3 is 18.2 Å². The van der Waals surface area contributed by atoms with Crippen molar-refractivity contribution in [2.75, 3.05) is 14.2 Å². The van der Waals surface area contributed by atoms with Crippen LogP contribution in [-0.4, -0.2) is 90.2 Å². The summed E-state index contributed by atoms with van der Waals surface area (Å²) in [5.41, 5.74) is 0.152.